The van der Waals surface area contributed by atoms with Gasteiger partial charge in [0.1, 0.15) is 21.3 Å². The number of benzene rings is 2. The summed E-state index contributed by atoms with van der Waals surface area (Å²) in [4.78, 5) is 0.256. The van der Waals surface area contributed by atoms with Crippen molar-refractivity contribution in [2.75, 3.05) is 0 Å². The number of nitrogens with zero attached hydrogens (tertiary/aromatic N) is 3. The van der Waals surface area contributed by atoms with E-state index in [1.54, 1.807) is 30.3 Å². The number of fused-ring (bicyclic) bond motifs is 2. The summed E-state index contributed by atoms with van der Waals surface area (Å²) in [5, 5.41) is 13.5. The standard InChI is InChI=1S/C13H8N4O3S.Na/c18-21(19)11-4-2-1-3-9(11)20-10-6-5-8(7-12(10)21)13-14-16-17-15-13;/h1-7H,(H,14,15,16,17);. The number of ether oxygens (including phenoxy) is 1. The van der Waals surface area contributed by atoms with Gasteiger partial charge in [0.25, 0.3) is 0 Å². The van der Waals surface area contributed by atoms with Crippen molar-refractivity contribution in [2.24, 2.45) is 0 Å². The summed E-state index contributed by atoms with van der Waals surface area (Å²) in [5.74, 6) is 0.949. The number of nitrogens with one attached hydrogen (secondary N) is 1. The first-order valence-electron chi connectivity index (χ1n) is 6.06. The van der Waals surface area contributed by atoms with Crippen LogP contribution in [0.3, 0.4) is 0 Å². The van der Waals surface area contributed by atoms with Crippen molar-refractivity contribution < 1.29 is 13.2 Å². The Morgan fingerprint density at radius 2 is 1.77 bits per heavy atom. The van der Waals surface area contributed by atoms with Gasteiger partial charge >= 0.3 is 0 Å². The topological polar surface area (TPSA) is 97.8 Å². The van der Waals surface area contributed by atoms with E-state index in [2.05, 4.69) is 20.6 Å². The predicted molar refractivity (Wildman–Crippen MR) is 77.3 cm³/mol. The largest absolute Gasteiger partial charge is 0.455 e. The van der Waals surface area contributed by atoms with Gasteiger partial charge in [-0.1, -0.05) is 12.1 Å². The molecule has 0 atom stereocenters. The third-order valence-electron chi connectivity index (χ3n) is 3.20. The molecule has 2 heterocycles. The molecule has 1 aliphatic rings. The summed E-state index contributed by atoms with van der Waals surface area (Å²) >= 11 is 0. The van der Waals surface area contributed by atoms with Crippen molar-refractivity contribution in [3.8, 4) is 22.9 Å². The number of H-pyrrole nitrogens is 1. The van der Waals surface area contributed by atoms with Gasteiger partial charge in [-0.15, -0.1) is 10.2 Å². The maximum atomic E-state index is 12.7. The van der Waals surface area contributed by atoms with Crippen LogP contribution in [-0.2, 0) is 9.84 Å². The maximum absolute atomic E-state index is 12.7. The minimum absolute atomic E-state index is 0. The molecule has 105 valence electrons. The summed E-state index contributed by atoms with van der Waals surface area (Å²) in [7, 11) is -3.63. The third-order valence-corrected chi connectivity index (χ3v) is 5.01. The van der Waals surface area contributed by atoms with Crippen molar-refractivity contribution in [1.82, 2.24) is 20.6 Å². The third kappa shape index (κ3) is 2.24. The fraction of sp³-hybridized carbons (Fsp3) is 0. The van der Waals surface area contributed by atoms with E-state index in [0.717, 1.165) is 0 Å². The van der Waals surface area contributed by atoms with Crippen molar-refractivity contribution in [2.45, 2.75) is 9.79 Å². The fourth-order valence-corrected chi connectivity index (χ4v) is 3.74. The zero-order chi connectivity index (χ0) is 14.4. The molecule has 4 rings (SSSR count). The van der Waals surface area contributed by atoms with Gasteiger partial charge in [0.2, 0.25) is 15.7 Å². The van der Waals surface area contributed by atoms with E-state index in [9.17, 15) is 8.42 Å². The van der Waals surface area contributed by atoms with Gasteiger partial charge in [0.05, 0.1) is 0 Å². The molecule has 1 aliphatic heterocycles. The smallest absolute Gasteiger partial charge is 0.213 e. The summed E-state index contributed by atoms with van der Waals surface area (Å²) in [5.41, 5.74) is 0.550. The van der Waals surface area contributed by atoms with Crippen LogP contribution in [0.5, 0.6) is 11.5 Å². The summed E-state index contributed by atoms with van der Waals surface area (Å²) in [6.45, 7) is 0. The monoisotopic (exact) mass is 323 g/mol. The zero-order valence-corrected chi connectivity index (χ0v) is 14.3. The molecular formula is C13H8N4NaO3S. The molecule has 22 heavy (non-hydrogen) atoms. The van der Waals surface area contributed by atoms with Crippen LogP contribution >= 0.6 is 0 Å². The first-order chi connectivity index (χ1) is 10.2. The second-order valence-corrected chi connectivity index (χ2v) is 6.34. The Morgan fingerprint density at radius 3 is 2.55 bits per heavy atom. The average Bonchev–Trinajstić information content (AvgIpc) is 3.01. The molecule has 0 saturated heterocycles. The maximum Gasteiger partial charge on any atom is 0.213 e. The number of sulfone groups is 1. The van der Waals surface area contributed by atoms with Crippen LogP contribution in [-0.4, -0.2) is 58.6 Å². The number of tetrazole rings is 1. The fourth-order valence-electron chi connectivity index (χ4n) is 2.22. The van der Waals surface area contributed by atoms with Crippen LogP contribution in [0.2, 0.25) is 0 Å². The predicted octanol–water partition coefficient (Wildman–Crippen LogP) is 1.42. The summed E-state index contributed by atoms with van der Waals surface area (Å²) < 4.78 is 31.0. The summed E-state index contributed by atoms with van der Waals surface area (Å²) in [6.07, 6.45) is 0. The molecule has 3 aromatic rings. The second-order valence-electron chi connectivity index (χ2n) is 4.45. The molecule has 7 nitrogen and oxygen atoms in total. The van der Waals surface area contributed by atoms with E-state index in [1.165, 1.54) is 12.1 Å². The number of rotatable bonds is 1. The molecule has 2 aromatic carbocycles. The van der Waals surface area contributed by atoms with Crippen LogP contribution in [0.25, 0.3) is 11.4 Å². The molecule has 1 radical (unpaired) electrons. The van der Waals surface area contributed by atoms with Gasteiger partial charge in [-0.3, -0.25) is 0 Å². The van der Waals surface area contributed by atoms with Crippen molar-refractivity contribution in [3.63, 3.8) is 0 Å². The molecule has 1 N–H and O–H groups in total. The Morgan fingerprint density at radius 1 is 1.00 bits per heavy atom. The molecule has 0 saturated carbocycles. The quantitative estimate of drug-likeness (QED) is 0.532. The van der Waals surface area contributed by atoms with E-state index >= 15 is 0 Å². The molecule has 1 aromatic heterocycles. The van der Waals surface area contributed by atoms with E-state index < -0.39 is 9.84 Å². The van der Waals surface area contributed by atoms with Crippen molar-refractivity contribution in [1.29, 1.82) is 0 Å². The first kappa shape index (κ1) is 15.2. The number of aromatic amines is 1. The van der Waals surface area contributed by atoms with Gasteiger partial charge in [-0.05, 0) is 35.5 Å². The molecule has 0 unspecified atom stereocenters. The van der Waals surface area contributed by atoms with Crippen LogP contribution in [0.1, 0.15) is 0 Å². The number of aromatic nitrogens is 4. The zero-order valence-electron chi connectivity index (χ0n) is 11.5. The van der Waals surface area contributed by atoms with Crippen LogP contribution in [0.4, 0.5) is 0 Å². The molecule has 9 heteroatoms. The molecule has 0 aliphatic carbocycles. The van der Waals surface area contributed by atoms with Crippen LogP contribution in [0.15, 0.2) is 52.3 Å². The number of hydrogen-bond acceptors (Lipinski definition) is 6. The van der Waals surface area contributed by atoms with Gasteiger partial charge in [-0.2, -0.15) is 5.21 Å². The molecule has 0 amide bonds. The molecule has 0 bridgehead atoms. The first-order valence-corrected chi connectivity index (χ1v) is 7.54. The van der Waals surface area contributed by atoms with E-state index in [1.807, 2.05) is 0 Å². The van der Waals surface area contributed by atoms with Crippen LogP contribution < -0.4 is 4.74 Å². The number of para-hydroxylation sites is 1. The number of hydrogen-bond donors (Lipinski definition) is 1. The molecule has 0 spiro atoms. The second kappa shape index (κ2) is 5.47. The average molecular weight is 323 g/mol. The van der Waals surface area contributed by atoms with E-state index in [4.69, 9.17) is 4.74 Å². The minimum atomic E-state index is -3.63. The Labute approximate surface area is 147 Å². The Kier molecular flexibility index (Phi) is 3.77. The van der Waals surface area contributed by atoms with Gasteiger partial charge in [0, 0.05) is 35.1 Å². The Bertz CT molecular complexity index is 942. The minimum Gasteiger partial charge on any atom is -0.455 e. The van der Waals surface area contributed by atoms with Gasteiger partial charge in [0.15, 0.2) is 0 Å². The Balaban J connectivity index is 0.00000144. The normalized spacial score (nSPS) is 14.2. The van der Waals surface area contributed by atoms with Gasteiger partial charge < -0.3 is 4.74 Å². The van der Waals surface area contributed by atoms with Crippen molar-refractivity contribution >= 4 is 39.4 Å². The van der Waals surface area contributed by atoms with Gasteiger partial charge in [-0.25, -0.2) is 8.42 Å². The van der Waals surface area contributed by atoms with E-state index in [0.29, 0.717) is 22.9 Å². The molecular weight excluding hydrogens is 315 g/mol. The SMILES string of the molecule is O=S1(=O)c2ccccc2Oc2ccc(-c3nn[nH]n3)cc21.[Na]. The van der Waals surface area contributed by atoms with Crippen molar-refractivity contribution in [3.05, 3.63) is 42.5 Å². The summed E-state index contributed by atoms with van der Waals surface area (Å²) in [6, 6.07) is 11.3. The Hall–Kier alpha value is -1.74. The molecule has 0 fully saturated rings. The van der Waals surface area contributed by atoms with E-state index in [-0.39, 0.29) is 39.3 Å². The van der Waals surface area contributed by atoms with Crippen LogP contribution in [0, 0.1) is 0 Å².